The van der Waals surface area contributed by atoms with Gasteiger partial charge >= 0.3 is 0 Å². The van der Waals surface area contributed by atoms with Crippen molar-refractivity contribution in [2.24, 2.45) is 10.1 Å². The lowest BCUT2D eigenvalue weighted by atomic mass is 10.1. The predicted molar refractivity (Wildman–Crippen MR) is 130 cm³/mol. The summed E-state index contributed by atoms with van der Waals surface area (Å²) in [5, 5.41) is 16.8. The highest BCUT2D eigenvalue weighted by Gasteiger charge is 2.17. The minimum Gasteiger partial charge on any atom is -0.507 e. The molecule has 8 nitrogen and oxygen atoms in total. The Bertz CT molecular complexity index is 1220. The fourth-order valence-electron chi connectivity index (χ4n) is 3.03. The van der Waals surface area contributed by atoms with Gasteiger partial charge in [-0.15, -0.1) is 11.3 Å². The van der Waals surface area contributed by atoms with Gasteiger partial charge in [0.25, 0.3) is 0 Å². The maximum atomic E-state index is 10.2. The number of hydrogen-bond acceptors (Lipinski definition) is 8. The molecule has 0 amide bonds. The van der Waals surface area contributed by atoms with Crippen molar-refractivity contribution in [3.05, 3.63) is 58.2 Å². The Morgan fingerprint density at radius 1 is 1.06 bits per heavy atom. The molecule has 0 saturated carbocycles. The summed E-state index contributed by atoms with van der Waals surface area (Å²) in [5.41, 5.74) is 3.00. The SMILES string of the molecule is C=C(C)CN=c1scc(-c2cc(OC)c(OC)c(OC)c2)n1N=Cc1cc(OC)ccc1O. The van der Waals surface area contributed by atoms with Gasteiger partial charge in [-0.1, -0.05) is 12.2 Å². The van der Waals surface area contributed by atoms with Crippen LogP contribution in [0.3, 0.4) is 0 Å². The summed E-state index contributed by atoms with van der Waals surface area (Å²) in [7, 11) is 6.27. The lowest BCUT2D eigenvalue weighted by Gasteiger charge is -2.14. The molecule has 33 heavy (non-hydrogen) atoms. The molecule has 0 aliphatic rings. The number of phenolic OH excluding ortho intramolecular Hbond substituents is 1. The lowest BCUT2D eigenvalue weighted by Crippen LogP contribution is -2.13. The summed E-state index contributed by atoms with van der Waals surface area (Å²) in [6, 6.07) is 8.64. The standard InChI is InChI=1S/C24H27N3O5S/c1-15(2)12-25-24-27(26-13-17-9-18(29-3)7-8-20(17)28)19(14-33-24)16-10-21(30-4)23(32-6)22(11-16)31-5/h7-11,13-14,28H,1,12H2,2-6H3. The van der Waals surface area contributed by atoms with Crippen molar-refractivity contribution in [2.75, 3.05) is 35.0 Å². The number of nitrogens with zero attached hydrogens (tertiary/aromatic N) is 3. The van der Waals surface area contributed by atoms with E-state index in [-0.39, 0.29) is 5.75 Å². The average Bonchev–Trinajstić information content (AvgIpc) is 3.23. The maximum Gasteiger partial charge on any atom is 0.206 e. The Hall–Kier alpha value is -3.72. The number of ether oxygens (including phenoxy) is 4. The molecule has 3 aromatic rings. The quantitative estimate of drug-likeness (QED) is 0.373. The molecule has 0 saturated heterocycles. The van der Waals surface area contributed by atoms with Crippen LogP contribution < -0.4 is 23.7 Å². The van der Waals surface area contributed by atoms with Crippen LogP contribution in [0.1, 0.15) is 12.5 Å². The van der Waals surface area contributed by atoms with Crippen molar-refractivity contribution >= 4 is 17.6 Å². The van der Waals surface area contributed by atoms with Crippen LogP contribution in [0.25, 0.3) is 11.3 Å². The van der Waals surface area contributed by atoms with Gasteiger partial charge in [-0.05, 0) is 37.3 Å². The maximum absolute atomic E-state index is 10.2. The molecular formula is C24H27N3O5S. The van der Waals surface area contributed by atoms with Crippen LogP contribution in [0.15, 0.2) is 58.0 Å². The second kappa shape index (κ2) is 10.7. The molecule has 1 N–H and O–H groups in total. The van der Waals surface area contributed by atoms with Crippen LogP contribution in [0.4, 0.5) is 0 Å². The minimum atomic E-state index is 0.0881. The monoisotopic (exact) mass is 469 g/mol. The minimum absolute atomic E-state index is 0.0881. The van der Waals surface area contributed by atoms with Gasteiger partial charge in [0.15, 0.2) is 11.5 Å². The third-order valence-electron chi connectivity index (χ3n) is 4.68. The highest BCUT2D eigenvalue weighted by atomic mass is 32.1. The van der Waals surface area contributed by atoms with Crippen molar-refractivity contribution in [2.45, 2.75) is 6.92 Å². The highest BCUT2D eigenvalue weighted by molar-refractivity contribution is 7.07. The van der Waals surface area contributed by atoms with Crippen molar-refractivity contribution in [1.82, 2.24) is 4.68 Å². The number of hydrogen-bond donors (Lipinski definition) is 1. The summed E-state index contributed by atoms with van der Waals surface area (Å²) in [5.74, 6) is 2.26. The zero-order valence-electron chi connectivity index (χ0n) is 19.3. The average molecular weight is 470 g/mol. The fourth-order valence-corrected chi connectivity index (χ4v) is 3.87. The van der Waals surface area contributed by atoms with E-state index in [0.717, 1.165) is 16.8 Å². The summed E-state index contributed by atoms with van der Waals surface area (Å²) in [6.45, 7) is 6.31. The number of thiazole rings is 1. The third kappa shape index (κ3) is 5.38. The van der Waals surface area contributed by atoms with E-state index in [1.165, 1.54) is 11.3 Å². The number of phenols is 1. The topological polar surface area (TPSA) is 86.8 Å². The van der Waals surface area contributed by atoms with E-state index < -0.39 is 0 Å². The molecule has 9 heteroatoms. The molecule has 1 aromatic heterocycles. The molecule has 0 radical (unpaired) electrons. The van der Waals surface area contributed by atoms with Crippen LogP contribution in [-0.2, 0) is 0 Å². The van der Waals surface area contributed by atoms with E-state index >= 15 is 0 Å². The zero-order chi connectivity index (χ0) is 24.0. The Labute approximate surface area is 196 Å². The van der Waals surface area contributed by atoms with Crippen LogP contribution >= 0.6 is 11.3 Å². The predicted octanol–water partition coefficient (Wildman–Crippen LogP) is 4.32. The molecule has 0 atom stereocenters. The first kappa shape index (κ1) is 23.9. The summed E-state index contributed by atoms with van der Waals surface area (Å²) in [6.07, 6.45) is 1.56. The van der Waals surface area contributed by atoms with Gasteiger partial charge in [-0.3, -0.25) is 4.99 Å². The van der Waals surface area contributed by atoms with Gasteiger partial charge in [0.05, 0.1) is 46.9 Å². The summed E-state index contributed by atoms with van der Waals surface area (Å²) >= 11 is 1.44. The normalized spacial score (nSPS) is 11.6. The van der Waals surface area contributed by atoms with Crippen molar-refractivity contribution in [3.8, 4) is 40.0 Å². The van der Waals surface area contributed by atoms with E-state index in [1.807, 2.05) is 24.4 Å². The van der Waals surface area contributed by atoms with Gasteiger partial charge in [0.1, 0.15) is 11.5 Å². The first-order valence-electron chi connectivity index (χ1n) is 9.99. The molecule has 2 aromatic carbocycles. The molecule has 0 bridgehead atoms. The smallest absolute Gasteiger partial charge is 0.206 e. The van der Waals surface area contributed by atoms with Gasteiger partial charge in [0.2, 0.25) is 10.6 Å². The van der Waals surface area contributed by atoms with Gasteiger partial charge in [-0.25, -0.2) is 4.68 Å². The second-order valence-corrected chi connectivity index (χ2v) is 7.91. The molecule has 1 heterocycles. The number of aromatic hydroxyl groups is 1. The van der Waals surface area contributed by atoms with Crippen LogP contribution in [0.5, 0.6) is 28.7 Å². The number of rotatable bonds is 9. The van der Waals surface area contributed by atoms with Gasteiger partial charge in [-0.2, -0.15) is 5.10 Å². The van der Waals surface area contributed by atoms with Crippen LogP contribution in [0, 0.1) is 0 Å². The summed E-state index contributed by atoms with van der Waals surface area (Å²) < 4.78 is 23.4. The van der Waals surface area contributed by atoms with Crippen molar-refractivity contribution < 1.29 is 24.1 Å². The van der Waals surface area contributed by atoms with E-state index in [0.29, 0.717) is 39.9 Å². The number of methoxy groups -OCH3 is 4. The van der Waals surface area contributed by atoms with Crippen LogP contribution in [-0.4, -0.2) is 51.0 Å². The van der Waals surface area contributed by atoms with Crippen molar-refractivity contribution in [1.29, 1.82) is 0 Å². The molecule has 0 aliphatic carbocycles. The molecule has 0 aliphatic heterocycles. The Balaban J connectivity index is 2.19. The molecule has 0 fully saturated rings. The van der Waals surface area contributed by atoms with E-state index in [2.05, 4.69) is 16.7 Å². The number of benzene rings is 2. The van der Waals surface area contributed by atoms with E-state index in [9.17, 15) is 5.11 Å². The second-order valence-electron chi connectivity index (χ2n) is 7.07. The number of aromatic nitrogens is 1. The Morgan fingerprint density at radius 2 is 1.76 bits per heavy atom. The molecule has 0 spiro atoms. The Morgan fingerprint density at radius 3 is 2.33 bits per heavy atom. The van der Waals surface area contributed by atoms with Crippen molar-refractivity contribution in [3.63, 3.8) is 0 Å². The molecule has 3 rings (SSSR count). The molecule has 0 unspecified atom stereocenters. The van der Waals surface area contributed by atoms with Gasteiger partial charge < -0.3 is 24.1 Å². The summed E-state index contributed by atoms with van der Waals surface area (Å²) in [4.78, 5) is 5.30. The van der Waals surface area contributed by atoms with Crippen LogP contribution in [0.2, 0.25) is 0 Å². The molecule has 174 valence electrons. The van der Waals surface area contributed by atoms with E-state index in [4.69, 9.17) is 18.9 Å². The fraction of sp³-hybridized carbons (Fsp3) is 0.250. The highest BCUT2D eigenvalue weighted by Crippen LogP contribution is 2.41. The Kier molecular flexibility index (Phi) is 7.78. The largest absolute Gasteiger partial charge is 0.507 e. The molecular weight excluding hydrogens is 442 g/mol. The van der Waals surface area contributed by atoms with E-state index in [1.54, 1.807) is 57.5 Å². The first-order valence-corrected chi connectivity index (χ1v) is 10.9. The third-order valence-corrected chi connectivity index (χ3v) is 5.53. The zero-order valence-corrected chi connectivity index (χ0v) is 20.1. The first-order chi connectivity index (χ1) is 15.9. The van der Waals surface area contributed by atoms with Gasteiger partial charge in [0, 0.05) is 16.5 Å². The lowest BCUT2D eigenvalue weighted by molar-refractivity contribution is 0.324.